The number of rotatable bonds is 5. The van der Waals surface area contributed by atoms with Crippen molar-refractivity contribution in [3.63, 3.8) is 0 Å². The number of thioether (sulfide) groups is 1. The molecule has 2 rings (SSSR count). The lowest BCUT2D eigenvalue weighted by Crippen LogP contribution is -2.26. The zero-order valence-electron chi connectivity index (χ0n) is 9.86. The normalized spacial score (nSPS) is 19.5. The Kier molecular flexibility index (Phi) is 4.44. The van der Waals surface area contributed by atoms with Crippen molar-refractivity contribution in [1.82, 2.24) is 15.6 Å². The number of carbonyl (C=O) groups excluding carboxylic acids is 1. The van der Waals surface area contributed by atoms with Crippen molar-refractivity contribution in [3.8, 4) is 0 Å². The van der Waals surface area contributed by atoms with Crippen LogP contribution in [0.15, 0.2) is 10.7 Å². The molecule has 94 valence electrons. The Morgan fingerprint density at radius 1 is 1.76 bits per heavy atom. The van der Waals surface area contributed by atoms with Crippen molar-refractivity contribution >= 4 is 17.7 Å². The summed E-state index contributed by atoms with van der Waals surface area (Å²) in [6.45, 7) is 1.65. The van der Waals surface area contributed by atoms with Gasteiger partial charge in [-0.25, -0.2) is 4.98 Å². The predicted octanol–water partition coefficient (Wildman–Crippen LogP) is 1.19. The van der Waals surface area contributed by atoms with Crippen LogP contribution in [0, 0.1) is 0 Å². The molecule has 0 bridgehead atoms. The van der Waals surface area contributed by atoms with Crippen LogP contribution in [0.4, 0.5) is 0 Å². The highest BCUT2D eigenvalue weighted by Crippen LogP contribution is 2.21. The molecule has 0 saturated carbocycles. The van der Waals surface area contributed by atoms with Crippen LogP contribution < -0.4 is 10.6 Å². The first-order valence-corrected chi connectivity index (χ1v) is 7.16. The number of nitrogens with one attached hydrogen (secondary N) is 2. The molecule has 1 amide bonds. The van der Waals surface area contributed by atoms with Gasteiger partial charge < -0.3 is 15.1 Å². The van der Waals surface area contributed by atoms with Gasteiger partial charge in [0.25, 0.3) is 5.91 Å². The highest BCUT2D eigenvalue weighted by molar-refractivity contribution is 7.98. The monoisotopic (exact) mass is 255 g/mol. The topological polar surface area (TPSA) is 67.2 Å². The molecule has 1 aliphatic heterocycles. The van der Waals surface area contributed by atoms with Gasteiger partial charge in [-0.15, -0.1) is 0 Å². The maximum Gasteiger partial charge on any atom is 0.273 e. The van der Waals surface area contributed by atoms with Gasteiger partial charge in [0, 0.05) is 12.3 Å². The molecule has 0 radical (unpaired) electrons. The second-order valence-corrected chi connectivity index (χ2v) is 4.95. The molecule has 5 nitrogen and oxygen atoms in total. The average molecular weight is 255 g/mol. The molecular weight excluding hydrogens is 238 g/mol. The molecule has 1 saturated heterocycles. The molecule has 0 aromatic carbocycles. The molecule has 1 unspecified atom stereocenters. The second kappa shape index (κ2) is 6.07. The summed E-state index contributed by atoms with van der Waals surface area (Å²) in [5, 5.41) is 6.09. The Morgan fingerprint density at radius 3 is 3.35 bits per heavy atom. The largest absolute Gasteiger partial charge is 0.446 e. The van der Waals surface area contributed by atoms with Gasteiger partial charge in [-0.1, -0.05) is 0 Å². The molecule has 0 spiro atoms. The van der Waals surface area contributed by atoms with Crippen LogP contribution >= 0.6 is 11.8 Å². The van der Waals surface area contributed by atoms with Crippen LogP contribution in [0.5, 0.6) is 0 Å². The number of amides is 1. The molecule has 1 atom stereocenters. The maximum atomic E-state index is 11.7. The van der Waals surface area contributed by atoms with E-state index >= 15 is 0 Å². The molecule has 2 heterocycles. The lowest BCUT2D eigenvalue weighted by Gasteiger charge is -2.03. The fraction of sp³-hybridized carbons (Fsp3) is 0.636. The summed E-state index contributed by atoms with van der Waals surface area (Å²) in [7, 11) is 0. The predicted molar refractivity (Wildman–Crippen MR) is 67.2 cm³/mol. The van der Waals surface area contributed by atoms with Gasteiger partial charge in [0.05, 0.1) is 6.04 Å². The van der Waals surface area contributed by atoms with Crippen LogP contribution in [0.3, 0.4) is 0 Å². The minimum atomic E-state index is -0.160. The molecule has 2 N–H and O–H groups in total. The van der Waals surface area contributed by atoms with Crippen LogP contribution in [0.25, 0.3) is 0 Å². The third kappa shape index (κ3) is 3.23. The lowest BCUT2D eigenvalue weighted by molar-refractivity contribution is 0.0951. The maximum absolute atomic E-state index is 11.7. The van der Waals surface area contributed by atoms with Crippen LogP contribution in [-0.4, -0.2) is 36.0 Å². The number of aromatic nitrogens is 1. The standard InChI is InChI=1S/C11H17N3O2S/c1-17-6-5-13-10(15)9-7-16-11(14-9)8-3-2-4-12-8/h7-8,12H,2-6H2,1H3,(H,13,15). The second-order valence-electron chi connectivity index (χ2n) is 3.97. The van der Waals surface area contributed by atoms with Crippen LogP contribution in [0.2, 0.25) is 0 Å². The van der Waals surface area contributed by atoms with E-state index in [1.807, 2.05) is 6.26 Å². The SMILES string of the molecule is CSCCNC(=O)c1coc(C2CCCN2)n1. The average Bonchev–Trinajstić information content (AvgIpc) is 3.00. The quantitative estimate of drug-likeness (QED) is 0.774. The summed E-state index contributed by atoms with van der Waals surface area (Å²) in [6, 6.07) is 0.169. The van der Waals surface area contributed by atoms with Gasteiger partial charge in [0.1, 0.15) is 6.26 Å². The van der Waals surface area contributed by atoms with E-state index in [0.29, 0.717) is 18.1 Å². The Hall–Kier alpha value is -1.01. The Bertz CT molecular complexity index is 375. The van der Waals surface area contributed by atoms with Gasteiger partial charge in [-0.05, 0) is 25.6 Å². The lowest BCUT2D eigenvalue weighted by atomic mass is 10.2. The smallest absolute Gasteiger partial charge is 0.273 e. The minimum absolute atomic E-state index is 0.160. The van der Waals surface area contributed by atoms with Crippen molar-refractivity contribution in [2.45, 2.75) is 18.9 Å². The molecule has 1 fully saturated rings. The van der Waals surface area contributed by atoms with E-state index in [1.165, 1.54) is 6.26 Å². The fourth-order valence-corrected chi connectivity index (χ4v) is 2.11. The van der Waals surface area contributed by atoms with Gasteiger partial charge in [0.2, 0.25) is 5.89 Å². The van der Waals surface area contributed by atoms with Gasteiger partial charge >= 0.3 is 0 Å². The number of hydrogen-bond donors (Lipinski definition) is 2. The first-order valence-electron chi connectivity index (χ1n) is 5.77. The first kappa shape index (κ1) is 12.4. The van der Waals surface area contributed by atoms with Gasteiger partial charge in [0.15, 0.2) is 5.69 Å². The van der Waals surface area contributed by atoms with Crippen molar-refractivity contribution in [3.05, 3.63) is 17.8 Å². The zero-order chi connectivity index (χ0) is 12.1. The van der Waals surface area contributed by atoms with E-state index in [1.54, 1.807) is 11.8 Å². The third-order valence-corrected chi connectivity index (χ3v) is 3.32. The van der Waals surface area contributed by atoms with Crippen LogP contribution in [0.1, 0.15) is 35.3 Å². The summed E-state index contributed by atoms with van der Waals surface area (Å²) in [5.74, 6) is 1.37. The summed E-state index contributed by atoms with van der Waals surface area (Å²) in [4.78, 5) is 15.9. The molecule has 1 aliphatic rings. The third-order valence-electron chi connectivity index (χ3n) is 2.70. The molecule has 0 aliphatic carbocycles. The molecular formula is C11H17N3O2S. The Labute approximate surface area is 105 Å². The summed E-state index contributed by atoms with van der Waals surface area (Å²) in [6.07, 6.45) is 5.59. The van der Waals surface area contributed by atoms with Gasteiger partial charge in [-0.3, -0.25) is 4.79 Å². The van der Waals surface area contributed by atoms with Crippen molar-refractivity contribution in [1.29, 1.82) is 0 Å². The van der Waals surface area contributed by atoms with E-state index in [9.17, 15) is 4.79 Å². The van der Waals surface area contributed by atoms with Crippen molar-refractivity contribution in [2.24, 2.45) is 0 Å². The minimum Gasteiger partial charge on any atom is -0.446 e. The van der Waals surface area contributed by atoms with E-state index in [2.05, 4.69) is 15.6 Å². The van der Waals surface area contributed by atoms with E-state index in [-0.39, 0.29) is 11.9 Å². The highest BCUT2D eigenvalue weighted by atomic mass is 32.2. The highest BCUT2D eigenvalue weighted by Gasteiger charge is 2.22. The first-order chi connectivity index (χ1) is 8.31. The summed E-state index contributed by atoms with van der Waals surface area (Å²) < 4.78 is 5.34. The Balaban J connectivity index is 1.90. The van der Waals surface area contributed by atoms with E-state index < -0.39 is 0 Å². The molecule has 17 heavy (non-hydrogen) atoms. The van der Waals surface area contributed by atoms with E-state index in [0.717, 1.165) is 25.1 Å². The summed E-state index contributed by atoms with van der Waals surface area (Å²) >= 11 is 1.70. The number of nitrogens with zero attached hydrogens (tertiary/aromatic N) is 1. The zero-order valence-corrected chi connectivity index (χ0v) is 10.7. The van der Waals surface area contributed by atoms with Crippen molar-refractivity contribution in [2.75, 3.05) is 25.1 Å². The Morgan fingerprint density at radius 2 is 2.65 bits per heavy atom. The van der Waals surface area contributed by atoms with Gasteiger partial charge in [-0.2, -0.15) is 11.8 Å². The molecule has 1 aromatic heterocycles. The fourth-order valence-electron chi connectivity index (χ4n) is 1.80. The molecule has 1 aromatic rings. The van der Waals surface area contributed by atoms with Crippen molar-refractivity contribution < 1.29 is 9.21 Å². The summed E-state index contributed by atoms with van der Waals surface area (Å²) in [5.41, 5.74) is 0.370. The number of hydrogen-bond acceptors (Lipinski definition) is 5. The number of oxazole rings is 1. The number of carbonyl (C=O) groups is 1. The van der Waals surface area contributed by atoms with Crippen LogP contribution in [-0.2, 0) is 0 Å². The molecule has 6 heteroatoms. The van der Waals surface area contributed by atoms with E-state index in [4.69, 9.17) is 4.42 Å².